The van der Waals surface area contributed by atoms with Crippen molar-refractivity contribution in [1.29, 1.82) is 0 Å². The summed E-state index contributed by atoms with van der Waals surface area (Å²) in [6.07, 6.45) is 57.0. The predicted octanol–water partition coefficient (Wildman–Crippen LogP) is 24.0. The van der Waals surface area contributed by atoms with E-state index in [4.69, 9.17) is 37.0 Å². The molecular formula is C81H158O17P2. The molecule has 0 radical (unpaired) electrons. The molecule has 0 aromatic heterocycles. The number of carbonyl (C=O) groups is 4. The third-order valence-corrected chi connectivity index (χ3v) is 20.7. The van der Waals surface area contributed by atoms with E-state index in [1.807, 2.05) is 0 Å². The molecule has 5 atom stereocenters. The fourth-order valence-electron chi connectivity index (χ4n) is 12.4. The van der Waals surface area contributed by atoms with Gasteiger partial charge >= 0.3 is 39.5 Å². The highest BCUT2D eigenvalue weighted by Crippen LogP contribution is 2.45. The van der Waals surface area contributed by atoms with Gasteiger partial charge in [0.1, 0.15) is 19.3 Å². The van der Waals surface area contributed by atoms with Crippen LogP contribution in [0.2, 0.25) is 0 Å². The Morgan fingerprint density at radius 1 is 0.250 bits per heavy atom. The molecule has 3 N–H and O–H groups in total. The van der Waals surface area contributed by atoms with Gasteiger partial charge in [-0.05, 0) is 49.4 Å². The summed E-state index contributed by atoms with van der Waals surface area (Å²) in [6.45, 7) is 14.2. The number of carbonyl (C=O) groups excluding carboxylic acids is 4. The first kappa shape index (κ1) is 98.1. The van der Waals surface area contributed by atoms with Crippen molar-refractivity contribution in [3.05, 3.63) is 0 Å². The number of phosphoric acid groups is 2. The molecule has 0 heterocycles. The van der Waals surface area contributed by atoms with Gasteiger partial charge in [-0.15, -0.1) is 0 Å². The maximum atomic E-state index is 13.1. The number of phosphoric ester groups is 2. The number of hydrogen-bond acceptors (Lipinski definition) is 15. The molecule has 0 aromatic rings. The molecule has 0 aliphatic heterocycles. The lowest BCUT2D eigenvalue weighted by Gasteiger charge is -2.21. The number of aliphatic hydroxyl groups is 1. The number of aliphatic hydroxyl groups excluding tert-OH is 1. The van der Waals surface area contributed by atoms with Crippen LogP contribution in [-0.2, 0) is 65.4 Å². The lowest BCUT2D eigenvalue weighted by atomic mass is 10.0. The molecular weight excluding hydrogens is 1310 g/mol. The van der Waals surface area contributed by atoms with Crippen molar-refractivity contribution in [2.45, 2.75) is 433 Å². The minimum absolute atomic E-state index is 0.107. The average molecular weight is 1470 g/mol. The second-order valence-electron chi connectivity index (χ2n) is 31.1. The normalized spacial score (nSPS) is 14.0. The monoisotopic (exact) mass is 1470 g/mol. The Labute approximate surface area is 613 Å². The Bertz CT molecular complexity index is 1950. The van der Waals surface area contributed by atoms with Gasteiger partial charge in [0, 0.05) is 25.7 Å². The largest absolute Gasteiger partial charge is 0.472 e. The number of hydrogen-bond donors (Lipinski definition) is 3. The van der Waals surface area contributed by atoms with Crippen LogP contribution in [0.5, 0.6) is 0 Å². The fraction of sp³-hybridized carbons (Fsp3) is 0.951. The van der Waals surface area contributed by atoms with Gasteiger partial charge in [-0.25, -0.2) is 9.13 Å². The van der Waals surface area contributed by atoms with Gasteiger partial charge in [0.2, 0.25) is 0 Å². The van der Waals surface area contributed by atoms with Gasteiger partial charge in [0.15, 0.2) is 12.2 Å². The maximum absolute atomic E-state index is 13.1. The van der Waals surface area contributed by atoms with Crippen molar-refractivity contribution >= 4 is 39.5 Å². The number of rotatable bonds is 78. The molecule has 594 valence electrons. The van der Waals surface area contributed by atoms with Crippen LogP contribution < -0.4 is 0 Å². The third-order valence-electron chi connectivity index (χ3n) is 18.8. The van der Waals surface area contributed by atoms with Crippen LogP contribution in [0.1, 0.15) is 415 Å². The van der Waals surface area contributed by atoms with Gasteiger partial charge in [-0.1, -0.05) is 364 Å². The summed E-state index contributed by atoms with van der Waals surface area (Å²) in [5.74, 6) is 0.951. The van der Waals surface area contributed by atoms with E-state index in [9.17, 15) is 43.2 Å². The predicted molar refractivity (Wildman–Crippen MR) is 409 cm³/mol. The molecule has 0 fully saturated rings. The van der Waals surface area contributed by atoms with Crippen LogP contribution in [0.15, 0.2) is 0 Å². The lowest BCUT2D eigenvalue weighted by Crippen LogP contribution is -2.30. The molecule has 0 rings (SSSR count). The van der Waals surface area contributed by atoms with Crippen molar-refractivity contribution in [2.75, 3.05) is 39.6 Å². The number of ether oxygens (including phenoxy) is 4. The summed E-state index contributed by atoms with van der Waals surface area (Å²) in [5.41, 5.74) is 0. The zero-order valence-electron chi connectivity index (χ0n) is 65.8. The van der Waals surface area contributed by atoms with E-state index < -0.39 is 97.5 Å². The first-order chi connectivity index (χ1) is 48.1. The van der Waals surface area contributed by atoms with E-state index in [0.717, 1.165) is 114 Å². The fourth-order valence-corrected chi connectivity index (χ4v) is 14.0. The molecule has 0 amide bonds. The molecule has 0 aromatic carbocycles. The Hall–Kier alpha value is -1.94. The van der Waals surface area contributed by atoms with Crippen LogP contribution in [-0.4, -0.2) is 96.7 Å². The maximum Gasteiger partial charge on any atom is 0.472 e. The van der Waals surface area contributed by atoms with Crippen LogP contribution >= 0.6 is 15.6 Å². The quantitative estimate of drug-likeness (QED) is 0.0222. The first-order valence-corrected chi connectivity index (χ1v) is 44.7. The minimum Gasteiger partial charge on any atom is -0.462 e. The Morgan fingerprint density at radius 3 is 0.620 bits per heavy atom. The lowest BCUT2D eigenvalue weighted by molar-refractivity contribution is -0.161. The van der Waals surface area contributed by atoms with Gasteiger partial charge in [-0.3, -0.25) is 37.3 Å². The molecule has 19 heteroatoms. The second kappa shape index (κ2) is 70.1. The van der Waals surface area contributed by atoms with Crippen molar-refractivity contribution < 1.29 is 80.2 Å². The second-order valence-corrected chi connectivity index (χ2v) is 34.0. The highest BCUT2D eigenvalue weighted by atomic mass is 31.2. The summed E-state index contributed by atoms with van der Waals surface area (Å²) in [6, 6.07) is 0. The molecule has 0 aliphatic carbocycles. The number of unbranched alkanes of at least 4 members (excludes halogenated alkanes) is 44. The minimum atomic E-state index is -4.96. The zero-order chi connectivity index (χ0) is 73.8. The molecule has 17 nitrogen and oxygen atoms in total. The van der Waals surface area contributed by atoms with Crippen LogP contribution in [0.4, 0.5) is 0 Å². The van der Waals surface area contributed by atoms with Gasteiger partial charge < -0.3 is 33.8 Å². The molecule has 0 bridgehead atoms. The number of esters is 4. The Morgan fingerprint density at radius 2 is 0.420 bits per heavy atom. The molecule has 3 unspecified atom stereocenters. The summed E-state index contributed by atoms with van der Waals surface area (Å²) >= 11 is 0. The van der Waals surface area contributed by atoms with E-state index in [1.54, 1.807) is 0 Å². The average Bonchev–Trinajstić information content (AvgIpc) is 0.935. The van der Waals surface area contributed by atoms with Gasteiger partial charge in [0.25, 0.3) is 0 Å². The van der Waals surface area contributed by atoms with Crippen molar-refractivity contribution in [3.63, 3.8) is 0 Å². The molecule has 100 heavy (non-hydrogen) atoms. The standard InChI is InChI=1S/C81H158O17P2/c1-71(2)57-49-41-33-27-21-15-11-9-10-12-18-25-31-37-47-55-63-81(86)98-77(68-92-79(84)62-54-46-40-39-44-52-60-74(7)8)70-96-100(89,90)94-66-75(82)65-93-99(87,88)95-69-76(97-80(85)64-56-48-38-32-26-20-14-17-23-29-35-43-51-59-73(5)6)67-91-78(83)61-53-45-36-30-24-19-13-16-22-28-34-42-50-58-72(3)4/h71-77,82H,9-70H2,1-8H3,(H,87,88)(H,89,90)/t75?,76-,77-/m1/s1. The first-order valence-electron chi connectivity index (χ1n) is 41.7. The summed E-state index contributed by atoms with van der Waals surface area (Å²) in [7, 11) is -9.92. The van der Waals surface area contributed by atoms with E-state index in [-0.39, 0.29) is 25.7 Å². The van der Waals surface area contributed by atoms with Crippen LogP contribution in [0.3, 0.4) is 0 Å². The zero-order valence-corrected chi connectivity index (χ0v) is 67.6. The van der Waals surface area contributed by atoms with E-state index in [2.05, 4.69) is 55.4 Å². The topological polar surface area (TPSA) is 237 Å². The summed E-state index contributed by atoms with van der Waals surface area (Å²) in [4.78, 5) is 73.0. The Kier molecular flexibility index (Phi) is 68.7. The molecule has 0 spiro atoms. The van der Waals surface area contributed by atoms with E-state index in [0.29, 0.717) is 31.6 Å². The highest BCUT2D eigenvalue weighted by Gasteiger charge is 2.30. The summed E-state index contributed by atoms with van der Waals surface area (Å²) < 4.78 is 68.7. The highest BCUT2D eigenvalue weighted by molar-refractivity contribution is 7.47. The molecule has 0 saturated heterocycles. The summed E-state index contributed by atoms with van der Waals surface area (Å²) in [5, 5.41) is 10.6. The van der Waals surface area contributed by atoms with Gasteiger partial charge in [-0.2, -0.15) is 0 Å². The van der Waals surface area contributed by atoms with Crippen LogP contribution in [0, 0.1) is 23.7 Å². The Balaban J connectivity index is 5.22. The smallest absolute Gasteiger partial charge is 0.462 e. The van der Waals surface area contributed by atoms with Gasteiger partial charge in [0.05, 0.1) is 26.4 Å². The van der Waals surface area contributed by atoms with Crippen molar-refractivity contribution in [3.8, 4) is 0 Å². The van der Waals surface area contributed by atoms with Crippen molar-refractivity contribution in [1.82, 2.24) is 0 Å². The molecule has 0 aliphatic rings. The van der Waals surface area contributed by atoms with E-state index >= 15 is 0 Å². The van der Waals surface area contributed by atoms with Crippen molar-refractivity contribution in [2.24, 2.45) is 23.7 Å². The van der Waals surface area contributed by atoms with E-state index in [1.165, 1.54) is 212 Å². The molecule has 0 saturated carbocycles. The third kappa shape index (κ3) is 74.3. The SMILES string of the molecule is CC(C)CCCCCCCCCCCCCCCCCCC(=O)O[C@H](COC(=O)CCCCCCCCC(C)C)COP(=O)(O)OCC(O)COP(=O)(O)OC[C@@H](COC(=O)CCCCCCCCCCCCCCCC(C)C)OC(=O)CCCCCCCCCCCCCCCC(C)C. The van der Waals surface area contributed by atoms with Crippen LogP contribution in [0.25, 0.3) is 0 Å².